The summed E-state index contributed by atoms with van der Waals surface area (Å²) < 4.78 is 4.51. The van der Waals surface area contributed by atoms with Crippen molar-refractivity contribution in [2.24, 2.45) is 0 Å². The van der Waals surface area contributed by atoms with E-state index < -0.39 is 6.09 Å². The minimum Gasteiger partial charge on any atom is -0.453 e. The Kier molecular flexibility index (Phi) is 5.30. The normalized spacial score (nSPS) is 10.1. The van der Waals surface area contributed by atoms with Gasteiger partial charge in [0.1, 0.15) is 0 Å². The predicted molar refractivity (Wildman–Crippen MR) is 86.5 cm³/mol. The van der Waals surface area contributed by atoms with E-state index in [1.54, 1.807) is 12.1 Å². The van der Waals surface area contributed by atoms with Gasteiger partial charge in [-0.15, -0.1) is 10.2 Å². The molecule has 2 aromatic rings. The molecule has 6 heteroatoms. The summed E-state index contributed by atoms with van der Waals surface area (Å²) >= 11 is 0. The lowest BCUT2D eigenvalue weighted by atomic mass is 10.0. The van der Waals surface area contributed by atoms with Crippen molar-refractivity contribution in [3.8, 4) is 0 Å². The fourth-order valence-electron chi connectivity index (χ4n) is 2.15. The molecule has 2 rings (SSSR count). The smallest absolute Gasteiger partial charge is 0.412 e. The molecule has 0 saturated heterocycles. The molecule has 0 fully saturated rings. The number of carbonyl (C=O) groups is 1. The van der Waals surface area contributed by atoms with Gasteiger partial charge in [-0.3, -0.25) is 5.32 Å². The van der Waals surface area contributed by atoms with Crippen LogP contribution in [0.25, 0.3) is 0 Å². The molecule has 1 heterocycles. The first-order valence-electron chi connectivity index (χ1n) is 7.24. The maximum absolute atomic E-state index is 11.1. The van der Waals surface area contributed by atoms with Gasteiger partial charge in [0, 0.05) is 5.69 Å². The summed E-state index contributed by atoms with van der Waals surface area (Å²) in [6.45, 7) is 4.24. The second-order valence-corrected chi connectivity index (χ2v) is 4.70. The first-order chi connectivity index (χ1) is 10.7. The molecule has 116 valence electrons. The van der Waals surface area contributed by atoms with E-state index >= 15 is 0 Å². The number of hydrogen-bond acceptors (Lipinski definition) is 5. The van der Waals surface area contributed by atoms with Gasteiger partial charge in [-0.05, 0) is 36.1 Å². The Bertz CT molecular complexity index is 619. The lowest BCUT2D eigenvalue weighted by Gasteiger charge is -2.14. The van der Waals surface area contributed by atoms with Gasteiger partial charge in [-0.2, -0.15) is 0 Å². The maximum atomic E-state index is 11.1. The third-order valence-corrected chi connectivity index (χ3v) is 3.33. The zero-order valence-electron chi connectivity index (χ0n) is 13.0. The van der Waals surface area contributed by atoms with Gasteiger partial charge in [0.25, 0.3) is 0 Å². The van der Waals surface area contributed by atoms with Crippen LogP contribution in [-0.4, -0.2) is 23.4 Å². The number of nitrogens with zero attached hydrogens (tertiary/aromatic N) is 2. The number of hydrogen-bond donors (Lipinski definition) is 2. The minimum absolute atomic E-state index is 0.344. The van der Waals surface area contributed by atoms with E-state index in [0.29, 0.717) is 11.6 Å². The summed E-state index contributed by atoms with van der Waals surface area (Å²) in [6.07, 6.45) is 1.30. The molecule has 0 bridgehead atoms. The molecule has 1 amide bonds. The van der Waals surface area contributed by atoms with Crippen molar-refractivity contribution in [2.75, 3.05) is 17.7 Å². The van der Waals surface area contributed by atoms with Crippen molar-refractivity contribution in [1.29, 1.82) is 0 Å². The minimum atomic E-state index is -0.570. The van der Waals surface area contributed by atoms with Crippen LogP contribution in [0.5, 0.6) is 0 Å². The van der Waals surface area contributed by atoms with Crippen molar-refractivity contribution in [1.82, 2.24) is 10.2 Å². The first-order valence-corrected chi connectivity index (χ1v) is 7.24. The van der Waals surface area contributed by atoms with Crippen LogP contribution in [-0.2, 0) is 17.6 Å². The van der Waals surface area contributed by atoms with Crippen molar-refractivity contribution < 1.29 is 9.53 Å². The second-order valence-electron chi connectivity index (χ2n) is 4.70. The molecule has 0 radical (unpaired) electrons. The number of amides is 1. The fourth-order valence-corrected chi connectivity index (χ4v) is 2.15. The lowest BCUT2D eigenvalue weighted by Crippen LogP contribution is -2.12. The van der Waals surface area contributed by atoms with Crippen LogP contribution in [0.4, 0.5) is 22.1 Å². The van der Waals surface area contributed by atoms with E-state index in [4.69, 9.17) is 0 Å². The number of benzene rings is 1. The topological polar surface area (TPSA) is 76.1 Å². The molecule has 6 nitrogen and oxygen atoms in total. The Hall–Kier alpha value is -2.63. The number of nitrogens with one attached hydrogen (secondary N) is 2. The van der Waals surface area contributed by atoms with E-state index in [1.807, 2.05) is 0 Å². The number of aryl methyl sites for hydroxylation is 2. The van der Waals surface area contributed by atoms with Gasteiger partial charge in [0.15, 0.2) is 11.6 Å². The standard InChI is InChI=1S/C16H20N4O2/c1-4-11-7-6-8-12(5-2)15(11)17-13-9-10-14(20-19-13)18-16(21)22-3/h6-10H,4-5H2,1-3H3,(H,17,19)(H,18,20,21). The van der Waals surface area contributed by atoms with Crippen molar-refractivity contribution in [3.05, 3.63) is 41.5 Å². The van der Waals surface area contributed by atoms with Crippen LogP contribution in [0.1, 0.15) is 25.0 Å². The number of para-hydroxylation sites is 1. The van der Waals surface area contributed by atoms with Gasteiger partial charge < -0.3 is 10.1 Å². The van der Waals surface area contributed by atoms with Crippen LogP contribution < -0.4 is 10.6 Å². The van der Waals surface area contributed by atoms with Crippen LogP contribution in [0.3, 0.4) is 0 Å². The van der Waals surface area contributed by atoms with Crippen LogP contribution >= 0.6 is 0 Å². The summed E-state index contributed by atoms with van der Waals surface area (Å²) in [5, 5.41) is 13.8. The number of carbonyl (C=O) groups excluding carboxylic acids is 1. The summed E-state index contributed by atoms with van der Waals surface area (Å²) in [4.78, 5) is 11.1. The monoisotopic (exact) mass is 300 g/mol. The van der Waals surface area contributed by atoms with Crippen LogP contribution in [0.15, 0.2) is 30.3 Å². The molecule has 0 atom stereocenters. The molecule has 22 heavy (non-hydrogen) atoms. The maximum Gasteiger partial charge on any atom is 0.412 e. The Balaban J connectivity index is 2.19. The van der Waals surface area contributed by atoms with Crippen LogP contribution in [0, 0.1) is 0 Å². The average molecular weight is 300 g/mol. The summed E-state index contributed by atoms with van der Waals surface area (Å²) in [7, 11) is 1.30. The highest BCUT2D eigenvalue weighted by Gasteiger charge is 2.08. The van der Waals surface area contributed by atoms with Gasteiger partial charge in [0.05, 0.1) is 7.11 Å². The molecular formula is C16H20N4O2. The molecule has 0 saturated carbocycles. The molecule has 1 aromatic carbocycles. The Morgan fingerprint density at radius 1 is 1.05 bits per heavy atom. The van der Waals surface area contributed by atoms with Crippen molar-refractivity contribution >= 4 is 23.4 Å². The summed E-state index contributed by atoms with van der Waals surface area (Å²) in [5.74, 6) is 0.975. The number of aromatic nitrogens is 2. The molecule has 0 spiro atoms. The summed E-state index contributed by atoms with van der Waals surface area (Å²) in [5.41, 5.74) is 3.55. The molecule has 0 aliphatic carbocycles. The molecule has 2 N–H and O–H groups in total. The quantitative estimate of drug-likeness (QED) is 0.883. The van der Waals surface area contributed by atoms with E-state index in [1.165, 1.54) is 18.2 Å². The number of methoxy groups -OCH3 is 1. The zero-order valence-corrected chi connectivity index (χ0v) is 13.0. The van der Waals surface area contributed by atoms with Crippen molar-refractivity contribution in [3.63, 3.8) is 0 Å². The van der Waals surface area contributed by atoms with Crippen LogP contribution in [0.2, 0.25) is 0 Å². The molecule has 1 aromatic heterocycles. The zero-order chi connectivity index (χ0) is 15.9. The average Bonchev–Trinajstić information content (AvgIpc) is 2.56. The van der Waals surface area contributed by atoms with E-state index in [9.17, 15) is 4.79 Å². The molecular weight excluding hydrogens is 280 g/mol. The largest absolute Gasteiger partial charge is 0.453 e. The predicted octanol–water partition coefficient (Wildman–Crippen LogP) is 3.52. The molecule has 0 aliphatic heterocycles. The van der Waals surface area contributed by atoms with Gasteiger partial charge in [-0.25, -0.2) is 4.79 Å². The highest BCUT2D eigenvalue weighted by molar-refractivity contribution is 5.83. The highest BCUT2D eigenvalue weighted by atomic mass is 16.5. The third kappa shape index (κ3) is 3.72. The third-order valence-electron chi connectivity index (χ3n) is 3.33. The first kappa shape index (κ1) is 15.8. The number of rotatable bonds is 5. The van der Waals surface area contributed by atoms with Gasteiger partial charge in [0.2, 0.25) is 0 Å². The van der Waals surface area contributed by atoms with Crippen molar-refractivity contribution in [2.45, 2.75) is 26.7 Å². The highest BCUT2D eigenvalue weighted by Crippen LogP contribution is 2.25. The number of anilines is 3. The van der Waals surface area contributed by atoms with E-state index in [2.05, 4.69) is 57.6 Å². The Morgan fingerprint density at radius 2 is 1.64 bits per heavy atom. The SMILES string of the molecule is CCc1cccc(CC)c1Nc1ccc(NC(=O)OC)nn1. The second kappa shape index (κ2) is 7.40. The molecule has 0 aliphatic rings. The fraction of sp³-hybridized carbons (Fsp3) is 0.312. The van der Waals surface area contributed by atoms with Gasteiger partial charge in [-0.1, -0.05) is 32.0 Å². The number of ether oxygens (including phenoxy) is 1. The Morgan fingerprint density at radius 3 is 2.14 bits per heavy atom. The van der Waals surface area contributed by atoms with E-state index in [-0.39, 0.29) is 0 Å². The Labute approximate surface area is 129 Å². The lowest BCUT2D eigenvalue weighted by molar-refractivity contribution is 0.187. The van der Waals surface area contributed by atoms with Gasteiger partial charge >= 0.3 is 6.09 Å². The summed E-state index contributed by atoms with van der Waals surface area (Å²) in [6, 6.07) is 9.71. The molecule has 0 unspecified atom stereocenters. The van der Waals surface area contributed by atoms with E-state index in [0.717, 1.165) is 18.5 Å².